The lowest BCUT2D eigenvalue weighted by Crippen LogP contribution is -2.06. The van der Waals surface area contributed by atoms with Crippen LogP contribution in [-0.2, 0) is 0 Å². The molecule has 2 aromatic heterocycles. The van der Waals surface area contributed by atoms with Crippen LogP contribution in [0.5, 0.6) is 0 Å². The Morgan fingerprint density at radius 2 is 0.706 bits per heavy atom. The molecule has 0 unspecified atom stereocenters. The fourth-order valence-corrected chi connectivity index (χ4v) is 12.1. The average Bonchev–Trinajstić information content (AvgIpc) is 3.73. The molecule has 0 fully saturated rings. The van der Waals surface area contributed by atoms with Crippen molar-refractivity contribution < 1.29 is 0 Å². The zero-order chi connectivity index (χ0) is 33.8. The molecule has 0 aliphatic carbocycles. The van der Waals surface area contributed by atoms with Crippen molar-refractivity contribution in [3.63, 3.8) is 0 Å². The van der Waals surface area contributed by atoms with E-state index in [9.17, 15) is 0 Å². The number of aromatic nitrogens is 2. The van der Waals surface area contributed by atoms with E-state index >= 15 is 0 Å². The number of nitrogens with zero attached hydrogens (tertiary/aromatic N) is 2. The van der Waals surface area contributed by atoms with E-state index in [-0.39, 0.29) is 0 Å². The lowest BCUT2D eigenvalue weighted by Gasteiger charge is -2.42. The van der Waals surface area contributed by atoms with Crippen LogP contribution in [0.25, 0.3) is 55.0 Å². The molecule has 0 radical (unpaired) electrons. The van der Waals surface area contributed by atoms with Crippen molar-refractivity contribution in [1.29, 1.82) is 0 Å². The third-order valence-electron chi connectivity index (χ3n) is 10.2. The maximum absolute atomic E-state index is 2.47. The van der Waals surface area contributed by atoms with Crippen molar-refractivity contribution in [3.05, 3.63) is 206 Å². The quantitative estimate of drug-likeness (QED) is 0.167. The van der Waals surface area contributed by atoms with E-state index in [0.717, 1.165) is 5.69 Å². The molecule has 10 aromatic rings. The molecule has 2 heterocycles. The number of hydrogen-bond acceptors (Lipinski definition) is 0. The van der Waals surface area contributed by atoms with Crippen LogP contribution in [0.4, 0.5) is 0 Å². The van der Waals surface area contributed by atoms with Gasteiger partial charge in [-0.25, -0.2) is 0 Å². The summed E-state index contributed by atoms with van der Waals surface area (Å²) in [7, 11) is -1.84. The fraction of sp³-hybridized carbons (Fsp3) is 0. The molecule has 51 heavy (non-hydrogen) atoms. The van der Waals surface area contributed by atoms with Crippen LogP contribution in [0, 0.1) is 0 Å². The summed E-state index contributed by atoms with van der Waals surface area (Å²) in [4.78, 5) is 5.24. The van der Waals surface area contributed by atoms with Crippen LogP contribution < -0.4 is 0 Å². The minimum Gasteiger partial charge on any atom is -0.309 e. The van der Waals surface area contributed by atoms with Crippen LogP contribution in [0.1, 0.15) is 0 Å². The van der Waals surface area contributed by atoms with Crippen LogP contribution in [0.15, 0.2) is 226 Å². The molecule has 0 saturated carbocycles. The summed E-state index contributed by atoms with van der Waals surface area (Å²) in [5, 5.41) is 5.02. The Morgan fingerprint density at radius 1 is 0.294 bits per heavy atom. The molecule has 0 aliphatic heterocycles. The predicted molar refractivity (Wildman–Crippen MR) is 215 cm³/mol. The number of benzene rings is 8. The molecule has 0 bridgehead atoms. The third-order valence-corrected chi connectivity index (χ3v) is 14.1. The van der Waals surface area contributed by atoms with Gasteiger partial charge in [-0.15, -0.1) is 10.0 Å². The van der Waals surface area contributed by atoms with Gasteiger partial charge >= 0.3 is 0 Å². The minimum atomic E-state index is -1.84. The highest BCUT2D eigenvalue weighted by Gasteiger charge is 2.33. The molecule has 8 aromatic carbocycles. The first-order valence-electron chi connectivity index (χ1n) is 17.4. The van der Waals surface area contributed by atoms with Gasteiger partial charge in [-0.3, -0.25) is 0 Å². The Morgan fingerprint density at radius 3 is 1.25 bits per heavy atom. The fourth-order valence-electron chi connectivity index (χ4n) is 8.15. The molecular formula is C48H34N2S. The van der Waals surface area contributed by atoms with Gasteiger partial charge < -0.3 is 9.13 Å². The maximum Gasteiger partial charge on any atom is 0.0562 e. The van der Waals surface area contributed by atoms with Crippen molar-refractivity contribution in [2.75, 3.05) is 0 Å². The van der Waals surface area contributed by atoms with Gasteiger partial charge in [-0.2, -0.15) is 0 Å². The topological polar surface area (TPSA) is 9.86 Å². The first-order valence-corrected chi connectivity index (χ1v) is 19.1. The van der Waals surface area contributed by atoms with Gasteiger partial charge in [0.15, 0.2) is 0 Å². The summed E-state index contributed by atoms with van der Waals surface area (Å²) < 4.78 is 4.92. The molecule has 0 spiro atoms. The Bertz CT molecular complexity index is 2700. The van der Waals surface area contributed by atoms with E-state index in [2.05, 4.69) is 215 Å². The smallest absolute Gasteiger partial charge is 0.0562 e. The summed E-state index contributed by atoms with van der Waals surface area (Å²) in [6.07, 6.45) is 0. The summed E-state index contributed by atoms with van der Waals surface area (Å²) >= 11 is 0. The second-order valence-corrected chi connectivity index (χ2v) is 16.1. The normalized spacial score (nSPS) is 12.2. The van der Waals surface area contributed by atoms with Gasteiger partial charge in [0, 0.05) is 46.8 Å². The van der Waals surface area contributed by atoms with Crippen molar-refractivity contribution in [2.24, 2.45) is 0 Å². The first-order chi connectivity index (χ1) is 25.3. The monoisotopic (exact) mass is 670 g/mol. The summed E-state index contributed by atoms with van der Waals surface area (Å²) in [6, 6.07) is 75.8. The Labute approximate surface area is 298 Å². The van der Waals surface area contributed by atoms with E-state index in [0.29, 0.717) is 0 Å². The molecule has 3 heteroatoms. The van der Waals surface area contributed by atoms with Crippen molar-refractivity contribution >= 4 is 53.6 Å². The molecule has 10 rings (SSSR count). The Balaban J connectivity index is 1.28. The van der Waals surface area contributed by atoms with Gasteiger partial charge in [0.2, 0.25) is 0 Å². The summed E-state index contributed by atoms with van der Waals surface area (Å²) in [6.45, 7) is 0. The zero-order valence-electron chi connectivity index (χ0n) is 27.9. The second kappa shape index (κ2) is 11.9. The largest absolute Gasteiger partial charge is 0.309 e. The van der Waals surface area contributed by atoms with Gasteiger partial charge in [0.25, 0.3) is 0 Å². The molecule has 0 N–H and O–H groups in total. The number of fused-ring (bicyclic) bond motifs is 6. The van der Waals surface area contributed by atoms with Crippen molar-refractivity contribution in [1.82, 2.24) is 9.13 Å². The van der Waals surface area contributed by atoms with Crippen LogP contribution in [-0.4, -0.2) is 9.13 Å². The molecule has 242 valence electrons. The highest BCUT2D eigenvalue weighted by Crippen LogP contribution is 2.73. The van der Waals surface area contributed by atoms with Crippen LogP contribution in [0.3, 0.4) is 0 Å². The van der Waals surface area contributed by atoms with Crippen molar-refractivity contribution in [3.8, 4) is 11.4 Å². The van der Waals surface area contributed by atoms with Gasteiger partial charge in [0.05, 0.1) is 27.8 Å². The number of rotatable bonds is 6. The Hall–Kier alpha value is -6.29. The van der Waals surface area contributed by atoms with Crippen LogP contribution >= 0.6 is 10.0 Å². The predicted octanol–water partition coefficient (Wildman–Crippen LogP) is 13.2. The standard InChI is InChI=1S/C48H34N2S/c1-4-19-36(20-5-1)51(37-21-6-2-7-22-37,38-23-8-3-9-24-38)39-25-16-18-35(34-39)49-45-31-15-12-28-42(45)48-46(49)32-17-33-47(48)50-43-29-13-10-26-40(43)41-27-11-14-30-44(41)50/h1-34H. The van der Waals surface area contributed by atoms with E-state index in [1.165, 1.54) is 68.9 Å². The average molecular weight is 671 g/mol. The molecule has 0 saturated heterocycles. The first kappa shape index (κ1) is 29.6. The Kier molecular flexibility index (Phi) is 6.93. The van der Waals surface area contributed by atoms with Crippen LogP contribution in [0.2, 0.25) is 0 Å². The van der Waals surface area contributed by atoms with Crippen molar-refractivity contribution in [2.45, 2.75) is 19.6 Å². The van der Waals surface area contributed by atoms with E-state index < -0.39 is 10.0 Å². The maximum atomic E-state index is 2.47. The molecule has 2 nitrogen and oxygen atoms in total. The lowest BCUT2D eigenvalue weighted by atomic mass is 10.1. The highest BCUT2D eigenvalue weighted by molar-refractivity contribution is 8.34. The molecular weight excluding hydrogens is 637 g/mol. The third kappa shape index (κ3) is 4.45. The summed E-state index contributed by atoms with van der Waals surface area (Å²) in [5.41, 5.74) is 7.15. The van der Waals surface area contributed by atoms with E-state index in [1.54, 1.807) is 0 Å². The van der Waals surface area contributed by atoms with E-state index in [4.69, 9.17) is 0 Å². The van der Waals surface area contributed by atoms with Gasteiger partial charge in [0.1, 0.15) is 0 Å². The molecule has 0 amide bonds. The summed E-state index contributed by atoms with van der Waals surface area (Å²) in [5.74, 6) is 0. The lowest BCUT2D eigenvalue weighted by molar-refractivity contribution is 1.14. The molecule has 0 aliphatic rings. The molecule has 0 atom stereocenters. The number of para-hydroxylation sites is 3. The SMILES string of the molecule is c1ccc(S(c2ccccc2)(c2ccccc2)c2cccc(-n3c4ccccc4c4c(-n5c6ccccc6c6ccccc65)cccc43)c2)cc1. The van der Waals surface area contributed by atoms with Gasteiger partial charge in [-0.1, -0.05) is 121 Å². The number of hydrogen-bond donors (Lipinski definition) is 0. The zero-order valence-corrected chi connectivity index (χ0v) is 28.7. The van der Waals surface area contributed by atoms with Gasteiger partial charge in [-0.05, 0) is 84.9 Å². The highest BCUT2D eigenvalue weighted by atomic mass is 32.3. The minimum absolute atomic E-state index is 1.15. The second-order valence-electron chi connectivity index (χ2n) is 12.9. The van der Waals surface area contributed by atoms with E-state index in [1.807, 2.05) is 0 Å².